The molecule has 34 heavy (non-hydrogen) atoms. The Morgan fingerprint density at radius 1 is 0.647 bits per heavy atom. The van der Waals surface area contributed by atoms with Gasteiger partial charge in [0, 0.05) is 12.2 Å². The van der Waals surface area contributed by atoms with Crippen LogP contribution in [0.25, 0.3) is 12.2 Å². The summed E-state index contributed by atoms with van der Waals surface area (Å²) in [5, 5.41) is 8.64. The van der Waals surface area contributed by atoms with Crippen LogP contribution in [0.2, 0.25) is 0 Å². The minimum Gasteiger partial charge on any atom is -0.478 e. The normalized spacial score (nSPS) is 11.4. The number of esters is 1. The molecule has 4 heteroatoms. The molecule has 0 aromatic heterocycles. The molecule has 0 heterocycles. The number of aliphatic carboxylic acids is 1. The number of carboxylic acid groups (broad SMARTS) is 1. The van der Waals surface area contributed by atoms with Crippen molar-refractivity contribution in [2.24, 2.45) is 0 Å². The Labute approximate surface area is 207 Å². The van der Waals surface area contributed by atoms with E-state index in [9.17, 15) is 9.59 Å². The van der Waals surface area contributed by atoms with Gasteiger partial charge in [0.2, 0.25) is 0 Å². The third kappa shape index (κ3) is 18.1. The van der Waals surface area contributed by atoms with Crippen molar-refractivity contribution in [3.63, 3.8) is 0 Å². The van der Waals surface area contributed by atoms with Crippen molar-refractivity contribution < 1.29 is 19.4 Å². The van der Waals surface area contributed by atoms with Crippen molar-refractivity contribution in [1.29, 1.82) is 0 Å². The van der Waals surface area contributed by atoms with Gasteiger partial charge in [-0.2, -0.15) is 0 Å². The number of carboxylic acids is 1. The second-order valence-corrected chi connectivity index (χ2v) is 9.14. The predicted octanol–water partition coefficient (Wildman–Crippen LogP) is 8.60. The van der Waals surface area contributed by atoms with Gasteiger partial charge in [-0.3, -0.25) is 0 Å². The SMILES string of the molecule is CCCCCCCCCCCCCCCCCCOC(=O)C=Cc1ccc(C=CC(=O)O)cc1. The zero-order chi connectivity index (χ0) is 24.7. The first kappa shape index (κ1) is 29.7. The van der Waals surface area contributed by atoms with Crippen LogP contribution in [0.1, 0.15) is 121 Å². The maximum Gasteiger partial charge on any atom is 0.330 e. The van der Waals surface area contributed by atoms with E-state index < -0.39 is 5.97 Å². The summed E-state index contributed by atoms with van der Waals surface area (Å²) in [5.74, 6) is -1.30. The highest BCUT2D eigenvalue weighted by molar-refractivity contribution is 5.87. The lowest BCUT2D eigenvalue weighted by Gasteiger charge is -2.04. The highest BCUT2D eigenvalue weighted by Gasteiger charge is 1.99. The van der Waals surface area contributed by atoms with Crippen molar-refractivity contribution in [2.45, 2.75) is 110 Å². The van der Waals surface area contributed by atoms with Crippen LogP contribution in [0.3, 0.4) is 0 Å². The van der Waals surface area contributed by atoms with Crippen molar-refractivity contribution in [3.8, 4) is 0 Å². The topological polar surface area (TPSA) is 63.6 Å². The number of hydrogen-bond acceptors (Lipinski definition) is 3. The molecule has 1 aromatic rings. The molecule has 0 radical (unpaired) electrons. The fourth-order valence-corrected chi connectivity index (χ4v) is 3.92. The third-order valence-corrected chi connectivity index (χ3v) is 6.01. The van der Waals surface area contributed by atoms with E-state index in [-0.39, 0.29) is 5.97 Å². The van der Waals surface area contributed by atoms with E-state index in [1.807, 2.05) is 12.1 Å². The van der Waals surface area contributed by atoms with Gasteiger partial charge in [-0.15, -0.1) is 0 Å². The molecule has 0 unspecified atom stereocenters. The van der Waals surface area contributed by atoms with Gasteiger partial charge in [0.25, 0.3) is 0 Å². The summed E-state index contributed by atoms with van der Waals surface area (Å²) in [6.07, 6.45) is 27.0. The summed E-state index contributed by atoms with van der Waals surface area (Å²) in [7, 11) is 0. The Morgan fingerprint density at radius 2 is 1.03 bits per heavy atom. The van der Waals surface area contributed by atoms with Crippen LogP contribution >= 0.6 is 0 Å². The van der Waals surface area contributed by atoms with Gasteiger partial charge >= 0.3 is 11.9 Å². The molecule has 190 valence electrons. The molecule has 0 fully saturated rings. The first-order valence-electron chi connectivity index (χ1n) is 13.5. The predicted molar refractivity (Wildman–Crippen MR) is 143 cm³/mol. The fraction of sp³-hybridized carbons (Fsp3) is 0.600. The Morgan fingerprint density at radius 3 is 1.44 bits per heavy atom. The van der Waals surface area contributed by atoms with E-state index in [0.717, 1.165) is 30.0 Å². The van der Waals surface area contributed by atoms with Gasteiger partial charge in [0.05, 0.1) is 6.61 Å². The second kappa shape index (κ2) is 21.2. The molecule has 0 saturated carbocycles. The molecule has 0 aliphatic rings. The Hall–Kier alpha value is -2.36. The lowest BCUT2D eigenvalue weighted by Crippen LogP contribution is -2.02. The summed E-state index contributed by atoms with van der Waals surface area (Å²) < 4.78 is 5.27. The first-order valence-corrected chi connectivity index (χ1v) is 13.5. The van der Waals surface area contributed by atoms with Crippen molar-refractivity contribution >= 4 is 24.1 Å². The monoisotopic (exact) mass is 470 g/mol. The van der Waals surface area contributed by atoms with Crippen LogP contribution in [-0.4, -0.2) is 23.7 Å². The molecule has 4 nitrogen and oxygen atoms in total. The molecule has 0 aliphatic heterocycles. The molecular weight excluding hydrogens is 424 g/mol. The minimum atomic E-state index is -0.976. The first-order chi connectivity index (χ1) is 16.6. The van der Waals surface area contributed by atoms with Crippen LogP contribution in [0.5, 0.6) is 0 Å². The quantitative estimate of drug-likeness (QED) is 0.111. The van der Waals surface area contributed by atoms with Gasteiger partial charge in [-0.1, -0.05) is 128 Å². The fourth-order valence-electron chi connectivity index (χ4n) is 3.92. The van der Waals surface area contributed by atoms with Crippen LogP contribution in [-0.2, 0) is 14.3 Å². The number of carbonyl (C=O) groups excluding carboxylic acids is 1. The molecular formula is C30H46O4. The summed E-state index contributed by atoms with van der Waals surface area (Å²) in [5.41, 5.74) is 1.66. The number of rotatable bonds is 21. The van der Waals surface area contributed by atoms with Gasteiger partial charge < -0.3 is 9.84 Å². The van der Waals surface area contributed by atoms with Crippen LogP contribution < -0.4 is 0 Å². The highest BCUT2D eigenvalue weighted by Crippen LogP contribution is 2.14. The molecule has 0 amide bonds. The molecule has 1 N–H and O–H groups in total. The Bertz CT molecular complexity index is 703. The van der Waals surface area contributed by atoms with Crippen LogP contribution in [0.15, 0.2) is 36.4 Å². The lowest BCUT2D eigenvalue weighted by molar-refractivity contribution is -0.137. The zero-order valence-electron chi connectivity index (χ0n) is 21.3. The Balaban J connectivity index is 1.92. The van der Waals surface area contributed by atoms with Crippen LogP contribution in [0, 0.1) is 0 Å². The molecule has 0 saturated heterocycles. The number of benzene rings is 1. The maximum atomic E-state index is 11.8. The van der Waals surface area contributed by atoms with E-state index in [1.54, 1.807) is 18.2 Å². The number of hydrogen-bond donors (Lipinski definition) is 1. The molecule has 0 bridgehead atoms. The summed E-state index contributed by atoms with van der Waals surface area (Å²) in [6, 6.07) is 7.28. The molecule has 0 aliphatic carbocycles. The van der Waals surface area contributed by atoms with E-state index in [1.165, 1.54) is 102 Å². The van der Waals surface area contributed by atoms with Gasteiger partial charge in [-0.05, 0) is 29.7 Å². The van der Waals surface area contributed by atoms with Gasteiger partial charge in [0.1, 0.15) is 0 Å². The Kier molecular flexibility index (Phi) is 18.5. The van der Waals surface area contributed by atoms with Gasteiger partial charge in [0.15, 0.2) is 0 Å². The second-order valence-electron chi connectivity index (χ2n) is 9.14. The highest BCUT2D eigenvalue weighted by atomic mass is 16.5. The number of carbonyl (C=O) groups is 2. The van der Waals surface area contributed by atoms with Gasteiger partial charge in [-0.25, -0.2) is 9.59 Å². The molecule has 1 aromatic carbocycles. The number of ether oxygens (including phenoxy) is 1. The summed E-state index contributed by atoms with van der Waals surface area (Å²) >= 11 is 0. The largest absolute Gasteiger partial charge is 0.478 e. The standard InChI is InChI=1S/C30H46O4/c1-2-3-4-5-6-7-8-9-10-11-12-13-14-15-16-17-26-34-30(33)25-23-28-20-18-27(19-21-28)22-24-29(31)32/h18-25H,2-17,26H2,1H3,(H,31,32). The average Bonchev–Trinajstić information content (AvgIpc) is 2.84. The van der Waals surface area contributed by atoms with Crippen LogP contribution in [0.4, 0.5) is 0 Å². The van der Waals surface area contributed by atoms with E-state index in [2.05, 4.69) is 6.92 Å². The summed E-state index contributed by atoms with van der Waals surface area (Å²) in [6.45, 7) is 2.75. The van der Waals surface area contributed by atoms with Crippen molar-refractivity contribution in [2.75, 3.05) is 6.61 Å². The maximum absolute atomic E-state index is 11.8. The van der Waals surface area contributed by atoms with E-state index >= 15 is 0 Å². The minimum absolute atomic E-state index is 0.323. The molecule has 0 atom stereocenters. The van der Waals surface area contributed by atoms with E-state index in [4.69, 9.17) is 9.84 Å². The number of unbranched alkanes of at least 4 members (excludes halogenated alkanes) is 15. The lowest BCUT2D eigenvalue weighted by atomic mass is 10.0. The average molecular weight is 471 g/mol. The van der Waals surface area contributed by atoms with Crippen molar-refractivity contribution in [1.82, 2.24) is 0 Å². The third-order valence-electron chi connectivity index (χ3n) is 6.01. The molecule has 0 spiro atoms. The zero-order valence-corrected chi connectivity index (χ0v) is 21.3. The van der Waals surface area contributed by atoms with Crippen molar-refractivity contribution in [3.05, 3.63) is 47.5 Å². The smallest absolute Gasteiger partial charge is 0.330 e. The molecule has 1 rings (SSSR count). The summed E-state index contributed by atoms with van der Waals surface area (Å²) in [4.78, 5) is 22.4. The van der Waals surface area contributed by atoms with E-state index in [0.29, 0.717) is 6.61 Å².